The Hall–Kier alpha value is -2.27. The summed E-state index contributed by atoms with van der Waals surface area (Å²) in [5.74, 6) is 5.47. The Balaban J connectivity index is 1.96. The van der Waals surface area contributed by atoms with E-state index in [9.17, 15) is 4.79 Å². The molecule has 0 unspecified atom stereocenters. The van der Waals surface area contributed by atoms with Crippen molar-refractivity contribution < 1.29 is 9.21 Å². The Labute approximate surface area is 105 Å². The number of benzene rings is 1. The molecule has 0 atom stereocenters. The molecule has 0 saturated heterocycles. The third-order valence-electron chi connectivity index (χ3n) is 2.53. The third kappa shape index (κ3) is 2.89. The highest BCUT2D eigenvalue weighted by atomic mass is 16.4. The second-order valence-corrected chi connectivity index (χ2v) is 3.96. The number of carbonyl (C=O) groups is 1. The minimum Gasteiger partial charge on any atom is -0.454 e. The first-order valence-electron chi connectivity index (χ1n) is 5.59. The summed E-state index contributed by atoms with van der Waals surface area (Å²) >= 11 is 0. The molecule has 0 bridgehead atoms. The van der Waals surface area contributed by atoms with Gasteiger partial charge in [0.2, 0.25) is 0 Å². The highest BCUT2D eigenvalue weighted by molar-refractivity contribution is 5.90. The molecule has 1 aromatic carbocycles. The van der Waals surface area contributed by atoms with E-state index in [4.69, 9.17) is 10.3 Å². The first-order chi connectivity index (χ1) is 8.69. The number of furan rings is 1. The minimum absolute atomic E-state index is 0.207. The summed E-state index contributed by atoms with van der Waals surface area (Å²) in [6.45, 7) is 2.55. The first-order valence-corrected chi connectivity index (χ1v) is 5.59. The highest BCUT2D eigenvalue weighted by Gasteiger charge is 2.08. The average Bonchev–Trinajstić information content (AvgIpc) is 2.86. The van der Waals surface area contributed by atoms with Crippen molar-refractivity contribution in [2.24, 2.45) is 5.84 Å². The summed E-state index contributed by atoms with van der Waals surface area (Å²) in [6, 6.07) is 11.4. The molecule has 5 nitrogen and oxygen atoms in total. The van der Waals surface area contributed by atoms with Crippen molar-refractivity contribution in [1.82, 2.24) is 5.43 Å². The first kappa shape index (κ1) is 12.2. The van der Waals surface area contributed by atoms with Gasteiger partial charge in [-0.05, 0) is 31.2 Å². The van der Waals surface area contributed by atoms with Crippen molar-refractivity contribution in [3.8, 4) is 0 Å². The summed E-state index contributed by atoms with van der Waals surface area (Å²) in [7, 11) is 0. The van der Waals surface area contributed by atoms with E-state index in [0.29, 0.717) is 12.3 Å². The van der Waals surface area contributed by atoms with Crippen LogP contribution < -0.4 is 16.6 Å². The quantitative estimate of drug-likeness (QED) is 0.436. The monoisotopic (exact) mass is 245 g/mol. The SMILES string of the molecule is Cc1ccc(NCc2ccc(C(=O)NN)o2)cc1. The van der Waals surface area contributed by atoms with Gasteiger partial charge in [0.25, 0.3) is 0 Å². The van der Waals surface area contributed by atoms with Crippen LogP contribution in [0.3, 0.4) is 0 Å². The maximum atomic E-state index is 11.2. The van der Waals surface area contributed by atoms with Gasteiger partial charge >= 0.3 is 5.91 Å². The van der Waals surface area contributed by atoms with E-state index in [1.54, 1.807) is 12.1 Å². The van der Waals surface area contributed by atoms with E-state index >= 15 is 0 Å². The van der Waals surface area contributed by atoms with Crippen molar-refractivity contribution in [1.29, 1.82) is 0 Å². The van der Waals surface area contributed by atoms with Gasteiger partial charge in [-0.15, -0.1) is 0 Å². The molecular weight excluding hydrogens is 230 g/mol. The fourth-order valence-corrected chi connectivity index (χ4v) is 1.53. The van der Waals surface area contributed by atoms with Gasteiger partial charge in [0.1, 0.15) is 5.76 Å². The number of hydrazine groups is 1. The van der Waals surface area contributed by atoms with E-state index in [1.807, 2.05) is 36.6 Å². The second kappa shape index (κ2) is 5.37. The summed E-state index contributed by atoms with van der Waals surface area (Å²) in [5, 5.41) is 3.20. The molecule has 0 saturated carbocycles. The lowest BCUT2D eigenvalue weighted by Gasteiger charge is -2.04. The van der Waals surface area contributed by atoms with E-state index in [1.165, 1.54) is 5.56 Å². The number of hydrogen-bond acceptors (Lipinski definition) is 4. The van der Waals surface area contributed by atoms with E-state index in [2.05, 4.69) is 5.32 Å². The van der Waals surface area contributed by atoms with E-state index in [0.717, 1.165) is 5.69 Å². The predicted octanol–water partition coefficient (Wildman–Crippen LogP) is 1.80. The molecule has 2 rings (SSSR count). The summed E-state index contributed by atoms with van der Waals surface area (Å²) in [4.78, 5) is 11.2. The average molecular weight is 245 g/mol. The molecule has 0 aliphatic carbocycles. The lowest BCUT2D eigenvalue weighted by molar-refractivity contribution is 0.0924. The van der Waals surface area contributed by atoms with Gasteiger partial charge in [0.15, 0.2) is 5.76 Å². The molecule has 1 aromatic heterocycles. The minimum atomic E-state index is -0.434. The number of aryl methyl sites for hydroxylation is 1. The molecule has 94 valence electrons. The van der Waals surface area contributed by atoms with Crippen molar-refractivity contribution in [3.05, 3.63) is 53.5 Å². The van der Waals surface area contributed by atoms with E-state index in [-0.39, 0.29) is 5.76 Å². The number of rotatable bonds is 4. The van der Waals surface area contributed by atoms with Crippen molar-refractivity contribution in [2.75, 3.05) is 5.32 Å². The van der Waals surface area contributed by atoms with Crippen molar-refractivity contribution in [2.45, 2.75) is 13.5 Å². The van der Waals surface area contributed by atoms with Gasteiger partial charge in [-0.1, -0.05) is 17.7 Å². The third-order valence-corrected chi connectivity index (χ3v) is 2.53. The van der Waals surface area contributed by atoms with Crippen LogP contribution in [0.25, 0.3) is 0 Å². The Kier molecular flexibility index (Phi) is 3.64. The van der Waals surface area contributed by atoms with Gasteiger partial charge in [-0.2, -0.15) is 0 Å². The largest absolute Gasteiger partial charge is 0.454 e. The van der Waals surface area contributed by atoms with Crippen LogP contribution in [0.5, 0.6) is 0 Å². The summed E-state index contributed by atoms with van der Waals surface area (Å²) < 4.78 is 5.33. The number of nitrogens with two attached hydrogens (primary N) is 1. The lowest BCUT2D eigenvalue weighted by atomic mass is 10.2. The Bertz CT molecular complexity index is 531. The Morgan fingerprint density at radius 3 is 2.61 bits per heavy atom. The van der Waals surface area contributed by atoms with Gasteiger partial charge in [-0.25, -0.2) is 5.84 Å². The lowest BCUT2D eigenvalue weighted by Crippen LogP contribution is -2.29. The molecule has 2 aromatic rings. The fraction of sp³-hybridized carbons (Fsp3) is 0.154. The number of amides is 1. The van der Waals surface area contributed by atoms with Crippen LogP contribution in [0.1, 0.15) is 21.9 Å². The zero-order valence-electron chi connectivity index (χ0n) is 10.1. The number of nitrogens with one attached hydrogen (secondary N) is 2. The van der Waals surface area contributed by atoms with Crippen LogP contribution in [0.2, 0.25) is 0 Å². The molecule has 5 heteroatoms. The molecule has 1 heterocycles. The van der Waals surface area contributed by atoms with E-state index < -0.39 is 5.91 Å². The molecule has 0 aliphatic rings. The zero-order chi connectivity index (χ0) is 13.0. The van der Waals surface area contributed by atoms with Gasteiger partial charge in [0, 0.05) is 5.69 Å². The zero-order valence-corrected chi connectivity index (χ0v) is 10.1. The van der Waals surface area contributed by atoms with Crippen molar-refractivity contribution >= 4 is 11.6 Å². The topological polar surface area (TPSA) is 80.3 Å². The molecule has 18 heavy (non-hydrogen) atoms. The van der Waals surface area contributed by atoms with Crippen LogP contribution >= 0.6 is 0 Å². The van der Waals surface area contributed by atoms with Crippen LogP contribution in [0, 0.1) is 6.92 Å². The van der Waals surface area contributed by atoms with Crippen LogP contribution in [0.4, 0.5) is 5.69 Å². The van der Waals surface area contributed by atoms with Gasteiger partial charge in [0.05, 0.1) is 6.54 Å². The molecule has 0 aliphatic heterocycles. The molecular formula is C13H15N3O2. The maximum Gasteiger partial charge on any atom is 0.300 e. The number of nitrogen functional groups attached to an aromatic ring is 1. The highest BCUT2D eigenvalue weighted by Crippen LogP contribution is 2.12. The fourth-order valence-electron chi connectivity index (χ4n) is 1.53. The second-order valence-electron chi connectivity index (χ2n) is 3.96. The molecule has 0 fully saturated rings. The smallest absolute Gasteiger partial charge is 0.300 e. The Morgan fingerprint density at radius 1 is 1.22 bits per heavy atom. The van der Waals surface area contributed by atoms with Crippen molar-refractivity contribution in [3.63, 3.8) is 0 Å². The standard InChI is InChI=1S/C13H15N3O2/c1-9-2-4-10(5-3-9)15-8-11-6-7-12(18-11)13(17)16-14/h2-7,15H,8,14H2,1H3,(H,16,17). The molecule has 0 spiro atoms. The number of carbonyl (C=O) groups excluding carboxylic acids is 1. The van der Waals surface area contributed by atoms with Crippen LogP contribution in [0.15, 0.2) is 40.8 Å². The predicted molar refractivity (Wildman–Crippen MR) is 68.9 cm³/mol. The summed E-state index contributed by atoms with van der Waals surface area (Å²) in [6.07, 6.45) is 0. The molecule has 0 radical (unpaired) electrons. The normalized spacial score (nSPS) is 10.1. The van der Waals surface area contributed by atoms with Crippen LogP contribution in [-0.2, 0) is 6.54 Å². The summed E-state index contributed by atoms with van der Waals surface area (Å²) in [5.41, 5.74) is 4.23. The van der Waals surface area contributed by atoms with Gasteiger partial charge in [-0.3, -0.25) is 10.2 Å². The molecule has 4 N–H and O–H groups in total. The van der Waals surface area contributed by atoms with Crippen LogP contribution in [-0.4, -0.2) is 5.91 Å². The maximum absolute atomic E-state index is 11.2. The molecule has 1 amide bonds. The van der Waals surface area contributed by atoms with Gasteiger partial charge < -0.3 is 9.73 Å². The number of hydrogen-bond donors (Lipinski definition) is 3. The Morgan fingerprint density at radius 2 is 1.94 bits per heavy atom. The number of anilines is 1.